The molecular weight excluding hydrogens is 272 g/mol. The van der Waals surface area contributed by atoms with Crippen LogP contribution in [0.15, 0.2) is 28.7 Å². The van der Waals surface area contributed by atoms with Gasteiger partial charge in [0.25, 0.3) is 0 Å². The third-order valence-electron chi connectivity index (χ3n) is 2.80. The van der Waals surface area contributed by atoms with E-state index in [2.05, 4.69) is 39.0 Å². The van der Waals surface area contributed by atoms with Crippen LogP contribution in [-0.4, -0.2) is 16.6 Å². The Labute approximate surface area is 104 Å². The summed E-state index contributed by atoms with van der Waals surface area (Å²) in [6, 6.07) is 8.61. The van der Waals surface area contributed by atoms with Crippen LogP contribution in [0.4, 0.5) is 0 Å². The van der Waals surface area contributed by atoms with Crippen molar-refractivity contribution in [2.24, 2.45) is 5.73 Å². The molecule has 2 nitrogen and oxygen atoms in total. The number of benzene rings is 1. The Kier molecular flexibility index (Phi) is 3.26. The molecule has 0 radical (unpaired) electrons. The van der Waals surface area contributed by atoms with Crippen LogP contribution in [0, 0.1) is 0 Å². The first-order chi connectivity index (χ1) is 7.20. The molecule has 1 atom stereocenters. The van der Waals surface area contributed by atoms with Gasteiger partial charge in [-0.3, -0.25) is 0 Å². The summed E-state index contributed by atoms with van der Waals surface area (Å²) < 4.78 is 1.14. The smallest absolute Gasteiger partial charge is 0.166 e. The SMILES string of the molecule is NC(=S)N1CCCC1c1ccccc1Br. The maximum atomic E-state index is 5.72. The van der Waals surface area contributed by atoms with Crippen molar-refractivity contribution in [3.63, 3.8) is 0 Å². The molecule has 1 aromatic rings. The van der Waals surface area contributed by atoms with Crippen molar-refractivity contribution in [1.82, 2.24) is 4.90 Å². The van der Waals surface area contributed by atoms with E-state index in [9.17, 15) is 0 Å². The third kappa shape index (κ3) is 2.16. The Morgan fingerprint density at radius 3 is 2.87 bits per heavy atom. The minimum absolute atomic E-state index is 0.345. The normalized spacial score (nSPS) is 20.6. The number of likely N-dealkylation sites (tertiary alicyclic amines) is 1. The highest BCUT2D eigenvalue weighted by Gasteiger charge is 2.27. The summed E-state index contributed by atoms with van der Waals surface area (Å²) in [5, 5.41) is 0.508. The van der Waals surface area contributed by atoms with E-state index in [1.54, 1.807) is 0 Å². The molecule has 1 heterocycles. The monoisotopic (exact) mass is 284 g/mol. The second-order valence-electron chi connectivity index (χ2n) is 3.71. The summed E-state index contributed by atoms with van der Waals surface area (Å²) >= 11 is 8.64. The van der Waals surface area contributed by atoms with Crippen LogP contribution < -0.4 is 5.73 Å². The minimum Gasteiger partial charge on any atom is -0.376 e. The van der Waals surface area contributed by atoms with Crippen LogP contribution in [-0.2, 0) is 0 Å². The molecule has 15 heavy (non-hydrogen) atoms. The van der Waals surface area contributed by atoms with E-state index in [4.69, 9.17) is 18.0 Å². The Balaban J connectivity index is 2.30. The van der Waals surface area contributed by atoms with Gasteiger partial charge >= 0.3 is 0 Å². The van der Waals surface area contributed by atoms with E-state index in [1.165, 1.54) is 5.56 Å². The molecule has 4 heteroatoms. The van der Waals surface area contributed by atoms with Gasteiger partial charge in [0.05, 0.1) is 6.04 Å². The lowest BCUT2D eigenvalue weighted by molar-refractivity contribution is 0.402. The Hall–Kier alpha value is -0.610. The van der Waals surface area contributed by atoms with E-state index in [1.807, 2.05) is 6.07 Å². The number of thiocarbonyl (C=S) groups is 1. The standard InChI is InChI=1S/C11H13BrN2S/c12-9-5-2-1-4-8(9)10-6-3-7-14(10)11(13)15/h1-2,4-5,10H,3,6-7H2,(H2,13,15). The van der Waals surface area contributed by atoms with E-state index in [0.717, 1.165) is 23.9 Å². The van der Waals surface area contributed by atoms with Crippen molar-refractivity contribution in [3.8, 4) is 0 Å². The molecule has 1 saturated heterocycles. The molecule has 0 spiro atoms. The lowest BCUT2D eigenvalue weighted by Gasteiger charge is -2.25. The molecule has 80 valence electrons. The highest BCUT2D eigenvalue weighted by Crippen LogP contribution is 2.35. The predicted octanol–water partition coefficient (Wildman–Crippen LogP) is 2.83. The maximum Gasteiger partial charge on any atom is 0.166 e. The molecule has 0 saturated carbocycles. The number of halogens is 1. The first kappa shape index (κ1) is 10.9. The Bertz CT molecular complexity index is 381. The highest BCUT2D eigenvalue weighted by atomic mass is 79.9. The summed E-state index contributed by atoms with van der Waals surface area (Å²) in [5.41, 5.74) is 7.00. The summed E-state index contributed by atoms with van der Waals surface area (Å²) in [6.07, 6.45) is 2.28. The average molecular weight is 285 g/mol. The van der Waals surface area contributed by atoms with E-state index in [-0.39, 0.29) is 0 Å². The molecule has 0 aliphatic carbocycles. The van der Waals surface area contributed by atoms with Crippen LogP contribution in [0.25, 0.3) is 0 Å². The molecule has 0 bridgehead atoms. The van der Waals surface area contributed by atoms with Gasteiger partial charge in [-0.05, 0) is 36.7 Å². The average Bonchev–Trinajstić information content (AvgIpc) is 2.67. The number of nitrogens with zero attached hydrogens (tertiary/aromatic N) is 1. The second-order valence-corrected chi connectivity index (χ2v) is 4.98. The quantitative estimate of drug-likeness (QED) is 0.805. The Morgan fingerprint density at radius 1 is 1.47 bits per heavy atom. The van der Waals surface area contributed by atoms with Crippen LogP contribution in [0.3, 0.4) is 0 Å². The number of rotatable bonds is 1. The van der Waals surface area contributed by atoms with E-state index >= 15 is 0 Å². The minimum atomic E-state index is 0.345. The second kappa shape index (κ2) is 4.49. The van der Waals surface area contributed by atoms with Gasteiger partial charge in [0.15, 0.2) is 5.11 Å². The van der Waals surface area contributed by atoms with Crippen molar-refractivity contribution in [1.29, 1.82) is 0 Å². The van der Waals surface area contributed by atoms with Gasteiger partial charge in [0.1, 0.15) is 0 Å². The molecule has 1 fully saturated rings. The van der Waals surface area contributed by atoms with Crippen LogP contribution in [0.1, 0.15) is 24.4 Å². The molecule has 1 aliphatic rings. The van der Waals surface area contributed by atoms with Gasteiger partial charge in [-0.1, -0.05) is 34.1 Å². The van der Waals surface area contributed by atoms with E-state index in [0.29, 0.717) is 11.2 Å². The fourth-order valence-corrected chi connectivity index (χ4v) is 2.87. The van der Waals surface area contributed by atoms with Gasteiger partial charge in [0.2, 0.25) is 0 Å². The highest BCUT2D eigenvalue weighted by molar-refractivity contribution is 9.10. The largest absolute Gasteiger partial charge is 0.376 e. The van der Waals surface area contributed by atoms with Crippen molar-refractivity contribution < 1.29 is 0 Å². The molecular formula is C11H13BrN2S. The zero-order valence-electron chi connectivity index (χ0n) is 8.32. The molecule has 0 aromatic heterocycles. The molecule has 0 amide bonds. The summed E-state index contributed by atoms with van der Waals surface area (Å²) in [5.74, 6) is 0. The van der Waals surface area contributed by atoms with Crippen LogP contribution in [0.5, 0.6) is 0 Å². The van der Waals surface area contributed by atoms with Crippen molar-refractivity contribution in [2.75, 3.05) is 6.54 Å². The van der Waals surface area contributed by atoms with Gasteiger partial charge in [-0.15, -0.1) is 0 Å². The van der Waals surface area contributed by atoms with Gasteiger partial charge in [0, 0.05) is 11.0 Å². The lowest BCUT2D eigenvalue weighted by atomic mass is 10.1. The lowest BCUT2D eigenvalue weighted by Crippen LogP contribution is -2.34. The summed E-state index contributed by atoms with van der Waals surface area (Å²) in [6.45, 7) is 0.974. The van der Waals surface area contributed by atoms with Crippen molar-refractivity contribution in [2.45, 2.75) is 18.9 Å². The van der Waals surface area contributed by atoms with Crippen LogP contribution in [0.2, 0.25) is 0 Å². The van der Waals surface area contributed by atoms with Gasteiger partial charge in [-0.25, -0.2) is 0 Å². The topological polar surface area (TPSA) is 29.3 Å². The summed E-state index contributed by atoms with van der Waals surface area (Å²) in [4.78, 5) is 2.11. The third-order valence-corrected chi connectivity index (χ3v) is 3.76. The molecule has 1 aliphatic heterocycles. The zero-order chi connectivity index (χ0) is 10.8. The fourth-order valence-electron chi connectivity index (χ4n) is 2.10. The fraction of sp³-hybridized carbons (Fsp3) is 0.364. The summed E-state index contributed by atoms with van der Waals surface area (Å²) in [7, 11) is 0. The molecule has 2 N–H and O–H groups in total. The zero-order valence-corrected chi connectivity index (χ0v) is 10.7. The first-order valence-corrected chi connectivity index (χ1v) is 6.21. The number of hydrogen-bond donors (Lipinski definition) is 1. The first-order valence-electron chi connectivity index (χ1n) is 5.00. The molecule has 2 rings (SSSR count). The predicted molar refractivity (Wildman–Crippen MR) is 69.6 cm³/mol. The van der Waals surface area contributed by atoms with Gasteiger partial charge in [-0.2, -0.15) is 0 Å². The maximum absolute atomic E-state index is 5.72. The Morgan fingerprint density at radius 2 is 2.20 bits per heavy atom. The number of hydrogen-bond acceptors (Lipinski definition) is 1. The van der Waals surface area contributed by atoms with Crippen molar-refractivity contribution in [3.05, 3.63) is 34.3 Å². The van der Waals surface area contributed by atoms with E-state index < -0.39 is 0 Å². The molecule has 1 aromatic carbocycles. The van der Waals surface area contributed by atoms with Crippen molar-refractivity contribution >= 4 is 33.3 Å². The van der Waals surface area contributed by atoms with Gasteiger partial charge < -0.3 is 10.6 Å². The van der Waals surface area contributed by atoms with Crippen LogP contribution >= 0.6 is 28.1 Å². The molecule has 1 unspecified atom stereocenters. The number of nitrogens with two attached hydrogens (primary N) is 1.